The number of carbonyl (C=O) groups excluding carboxylic acids is 2. The lowest BCUT2D eigenvalue weighted by molar-refractivity contribution is -0.125. The Morgan fingerprint density at radius 2 is 1.94 bits per heavy atom. The van der Waals surface area contributed by atoms with Crippen LogP contribution in [0.25, 0.3) is 0 Å². The van der Waals surface area contributed by atoms with E-state index < -0.39 is 0 Å². The Morgan fingerprint density at radius 3 is 2.38 bits per heavy atom. The third kappa shape index (κ3) is 2.68. The zero-order valence-corrected chi connectivity index (χ0v) is 10.3. The molecule has 0 spiro atoms. The number of rotatable bonds is 3. The topological polar surface area (TPSA) is 55.7 Å². The van der Waals surface area contributed by atoms with Gasteiger partial charge in [0.05, 0.1) is 5.71 Å². The highest BCUT2D eigenvalue weighted by atomic mass is 16.6. The third-order valence-corrected chi connectivity index (χ3v) is 3.43. The Balaban J connectivity index is 2.92. The summed E-state index contributed by atoms with van der Waals surface area (Å²) in [6.07, 6.45) is 1.27. The second-order valence-corrected chi connectivity index (χ2v) is 4.52. The average molecular weight is 225 g/mol. The van der Waals surface area contributed by atoms with Crippen molar-refractivity contribution >= 4 is 17.3 Å². The van der Waals surface area contributed by atoms with E-state index in [0.29, 0.717) is 12.8 Å². The fourth-order valence-corrected chi connectivity index (χ4v) is 2.33. The second kappa shape index (κ2) is 5.23. The van der Waals surface area contributed by atoms with E-state index in [-0.39, 0.29) is 29.3 Å². The Morgan fingerprint density at radius 1 is 1.31 bits per heavy atom. The SMILES string of the molecule is CO/N=C1/CC(C(C)=O)CC(C(C)=O)C1C. The largest absolute Gasteiger partial charge is 0.399 e. The Bertz CT molecular complexity index is 322. The van der Waals surface area contributed by atoms with Crippen molar-refractivity contribution in [1.29, 1.82) is 0 Å². The number of oxime groups is 1. The molecule has 0 amide bonds. The van der Waals surface area contributed by atoms with Gasteiger partial charge in [-0.15, -0.1) is 0 Å². The van der Waals surface area contributed by atoms with Crippen LogP contribution in [0.2, 0.25) is 0 Å². The predicted molar refractivity (Wildman–Crippen MR) is 61.2 cm³/mol. The van der Waals surface area contributed by atoms with Gasteiger partial charge in [-0.3, -0.25) is 9.59 Å². The van der Waals surface area contributed by atoms with Crippen molar-refractivity contribution in [2.45, 2.75) is 33.6 Å². The maximum atomic E-state index is 11.5. The molecule has 1 aliphatic rings. The Labute approximate surface area is 96.0 Å². The van der Waals surface area contributed by atoms with E-state index in [0.717, 1.165) is 5.71 Å². The molecule has 90 valence electrons. The van der Waals surface area contributed by atoms with Gasteiger partial charge in [-0.05, 0) is 26.7 Å². The minimum absolute atomic E-state index is 0.0769. The summed E-state index contributed by atoms with van der Waals surface area (Å²) in [5.74, 6) is 0.146. The van der Waals surface area contributed by atoms with E-state index in [9.17, 15) is 9.59 Å². The molecule has 1 fully saturated rings. The van der Waals surface area contributed by atoms with E-state index in [1.165, 1.54) is 7.11 Å². The first-order valence-electron chi connectivity index (χ1n) is 5.58. The van der Waals surface area contributed by atoms with E-state index >= 15 is 0 Å². The molecule has 0 aliphatic heterocycles. The molecule has 0 aromatic carbocycles. The molecule has 0 heterocycles. The third-order valence-electron chi connectivity index (χ3n) is 3.43. The second-order valence-electron chi connectivity index (χ2n) is 4.52. The van der Waals surface area contributed by atoms with E-state index in [4.69, 9.17) is 4.84 Å². The summed E-state index contributed by atoms with van der Waals surface area (Å²) < 4.78 is 0. The van der Waals surface area contributed by atoms with Crippen molar-refractivity contribution in [3.63, 3.8) is 0 Å². The normalized spacial score (nSPS) is 32.5. The van der Waals surface area contributed by atoms with Gasteiger partial charge in [-0.1, -0.05) is 12.1 Å². The van der Waals surface area contributed by atoms with Crippen molar-refractivity contribution in [2.75, 3.05) is 7.11 Å². The number of hydrogen-bond acceptors (Lipinski definition) is 4. The standard InChI is InChI=1S/C12H19NO3/c1-7-11(9(3)15)5-10(8(2)14)6-12(7)13-16-4/h7,10-11H,5-6H2,1-4H3/b13-12-. The maximum absolute atomic E-state index is 11.5. The van der Waals surface area contributed by atoms with Gasteiger partial charge >= 0.3 is 0 Å². The van der Waals surface area contributed by atoms with Crippen LogP contribution in [-0.4, -0.2) is 24.4 Å². The molecule has 3 unspecified atom stereocenters. The zero-order chi connectivity index (χ0) is 12.3. The number of Topliss-reactive ketones (excluding diaryl/α,β-unsaturated/α-hetero) is 2. The fraction of sp³-hybridized carbons (Fsp3) is 0.750. The summed E-state index contributed by atoms with van der Waals surface area (Å²) in [5, 5.41) is 3.94. The molecule has 1 rings (SSSR count). The lowest BCUT2D eigenvalue weighted by Gasteiger charge is -2.32. The van der Waals surface area contributed by atoms with Crippen LogP contribution in [0.3, 0.4) is 0 Å². The van der Waals surface area contributed by atoms with Gasteiger partial charge in [0.25, 0.3) is 0 Å². The van der Waals surface area contributed by atoms with Gasteiger partial charge in [-0.25, -0.2) is 0 Å². The van der Waals surface area contributed by atoms with Crippen LogP contribution >= 0.6 is 0 Å². The monoisotopic (exact) mass is 225 g/mol. The van der Waals surface area contributed by atoms with Crippen molar-refractivity contribution in [3.8, 4) is 0 Å². The van der Waals surface area contributed by atoms with Crippen molar-refractivity contribution < 1.29 is 14.4 Å². The van der Waals surface area contributed by atoms with Crippen LogP contribution in [0.1, 0.15) is 33.6 Å². The minimum Gasteiger partial charge on any atom is -0.399 e. The molecular formula is C12H19NO3. The number of hydrogen-bond donors (Lipinski definition) is 0. The van der Waals surface area contributed by atoms with E-state index in [2.05, 4.69) is 5.16 Å². The highest BCUT2D eigenvalue weighted by molar-refractivity contribution is 5.96. The summed E-state index contributed by atoms with van der Waals surface area (Å²) >= 11 is 0. The highest BCUT2D eigenvalue weighted by Crippen LogP contribution is 2.33. The molecule has 0 aromatic heterocycles. The van der Waals surface area contributed by atoms with Crippen molar-refractivity contribution in [3.05, 3.63) is 0 Å². The first-order chi connectivity index (χ1) is 7.47. The molecule has 4 nitrogen and oxygen atoms in total. The first-order valence-corrected chi connectivity index (χ1v) is 5.58. The summed E-state index contributed by atoms with van der Waals surface area (Å²) in [6, 6.07) is 0. The Hall–Kier alpha value is -1.19. The number of nitrogens with zero attached hydrogens (tertiary/aromatic N) is 1. The molecule has 0 bridgehead atoms. The van der Waals surface area contributed by atoms with E-state index in [1.807, 2.05) is 6.92 Å². The molecule has 0 N–H and O–H groups in total. The summed E-state index contributed by atoms with van der Waals surface area (Å²) in [5.41, 5.74) is 0.828. The summed E-state index contributed by atoms with van der Waals surface area (Å²) in [7, 11) is 1.49. The molecule has 16 heavy (non-hydrogen) atoms. The number of carbonyl (C=O) groups is 2. The lowest BCUT2D eigenvalue weighted by Crippen LogP contribution is -2.37. The molecule has 0 aromatic rings. The van der Waals surface area contributed by atoms with Crippen LogP contribution in [0.15, 0.2) is 5.16 Å². The quantitative estimate of drug-likeness (QED) is 0.688. The minimum atomic E-state index is -0.100. The smallest absolute Gasteiger partial charge is 0.133 e. The van der Waals surface area contributed by atoms with Gasteiger partial charge in [0, 0.05) is 17.8 Å². The molecule has 1 saturated carbocycles. The van der Waals surface area contributed by atoms with Crippen LogP contribution in [0.4, 0.5) is 0 Å². The van der Waals surface area contributed by atoms with Crippen LogP contribution in [-0.2, 0) is 14.4 Å². The predicted octanol–water partition coefficient (Wildman–Crippen LogP) is 1.83. The molecule has 3 atom stereocenters. The maximum Gasteiger partial charge on any atom is 0.133 e. The van der Waals surface area contributed by atoms with Gasteiger partial charge in [0.15, 0.2) is 0 Å². The van der Waals surface area contributed by atoms with Gasteiger partial charge in [0.2, 0.25) is 0 Å². The van der Waals surface area contributed by atoms with Gasteiger partial charge < -0.3 is 4.84 Å². The van der Waals surface area contributed by atoms with Crippen molar-refractivity contribution in [1.82, 2.24) is 0 Å². The summed E-state index contributed by atoms with van der Waals surface area (Å²) in [6.45, 7) is 5.12. The van der Waals surface area contributed by atoms with Crippen molar-refractivity contribution in [2.24, 2.45) is 22.9 Å². The van der Waals surface area contributed by atoms with E-state index in [1.54, 1.807) is 13.8 Å². The average Bonchev–Trinajstić information content (AvgIpc) is 2.20. The lowest BCUT2D eigenvalue weighted by atomic mass is 9.71. The molecule has 0 radical (unpaired) electrons. The van der Waals surface area contributed by atoms with Crippen LogP contribution < -0.4 is 0 Å². The number of ketones is 2. The molecule has 0 saturated heterocycles. The highest BCUT2D eigenvalue weighted by Gasteiger charge is 2.37. The zero-order valence-electron chi connectivity index (χ0n) is 10.3. The molecule has 1 aliphatic carbocycles. The van der Waals surface area contributed by atoms with Gasteiger partial charge in [0.1, 0.15) is 18.7 Å². The van der Waals surface area contributed by atoms with Crippen LogP contribution in [0, 0.1) is 17.8 Å². The van der Waals surface area contributed by atoms with Crippen LogP contribution in [0.5, 0.6) is 0 Å². The first kappa shape index (κ1) is 12.9. The molecule has 4 heteroatoms. The van der Waals surface area contributed by atoms with Gasteiger partial charge in [-0.2, -0.15) is 0 Å². The fourth-order valence-electron chi connectivity index (χ4n) is 2.33. The Kier molecular flexibility index (Phi) is 4.21. The molecular weight excluding hydrogens is 206 g/mol. The summed E-state index contributed by atoms with van der Waals surface area (Å²) in [4.78, 5) is 27.7.